The molecule has 23 heavy (non-hydrogen) atoms. The van der Waals surface area contributed by atoms with Crippen LogP contribution in [0.15, 0.2) is 91.0 Å². The molecule has 1 nitrogen and oxygen atoms in total. The summed E-state index contributed by atoms with van der Waals surface area (Å²) in [6.07, 6.45) is 0. The first-order chi connectivity index (χ1) is 11.4. The van der Waals surface area contributed by atoms with E-state index in [1.54, 1.807) is 0 Å². The molecule has 2 heteroatoms. The van der Waals surface area contributed by atoms with E-state index >= 15 is 0 Å². The summed E-state index contributed by atoms with van der Waals surface area (Å²) in [7, 11) is 0. The van der Waals surface area contributed by atoms with E-state index in [-0.39, 0.29) is 0 Å². The van der Waals surface area contributed by atoms with Crippen molar-refractivity contribution in [3.05, 3.63) is 108 Å². The van der Waals surface area contributed by atoms with Gasteiger partial charge in [-0.15, -0.1) is 0 Å². The molecule has 0 N–H and O–H groups in total. The fourth-order valence-corrected chi connectivity index (χ4v) is 8.51. The van der Waals surface area contributed by atoms with Crippen LogP contribution in [0.2, 0.25) is 0 Å². The fraction of sp³-hybridized carbons (Fsp3) is 0.143. The van der Waals surface area contributed by atoms with Crippen LogP contribution in [0.4, 0.5) is 0 Å². The van der Waals surface area contributed by atoms with Gasteiger partial charge in [0.15, 0.2) is 0 Å². The Morgan fingerprint density at radius 3 is 1.35 bits per heavy atom. The van der Waals surface area contributed by atoms with Crippen molar-refractivity contribution in [3.63, 3.8) is 0 Å². The molecule has 0 saturated carbocycles. The molecule has 0 aliphatic carbocycles. The summed E-state index contributed by atoms with van der Waals surface area (Å²) in [5.41, 5.74) is 4.09. The molecule has 3 aromatic carbocycles. The van der Waals surface area contributed by atoms with Crippen molar-refractivity contribution < 1.29 is 3.07 Å². The average molecular weight is 408 g/mol. The Hall–Kier alpha value is -1.58. The summed E-state index contributed by atoms with van der Waals surface area (Å²) in [5, 5.41) is 0. The minimum absolute atomic E-state index is 0.745. The molecule has 3 aromatic rings. The third-order valence-corrected chi connectivity index (χ3v) is 9.93. The quantitative estimate of drug-likeness (QED) is 0.513. The molecule has 1 radical (unpaired) electrons. The molecular formula is C21H21OSn. The summed E-state index contributed by atoms with van der Waals surface area (Å²) in [5.74, 6) is 0. The van der Waals surface area contributed by atoms with Crippen molar-refractivity contribution in [2.75, 3.05) is 0 Å². The van der Waals surface area contributed by atoms with Gasteiger partial charge in [-0.1, -0.05) is 0 Å². The topological polar surface area (TPSA) is 9.23 Å². The normalized spacial score (nSPS) is 10.8. The standard InChI is InChI=1S/C7H7O.2C7H7.Sn/c8-6-7-4-2-1-3-5-7;2*1-7-5-3-2-4-6-7;/h1-5H,6H2;2*2-6H,1H2;/q-1;;;+1. The van der Waals surface area contributed by atoms with E-state index in [1.165, 1.54) is 16.7 Å². The number of rotatable bonds is 7. The second kappa shape index (κ2) is 8.90. The fourth-order valence-electron chi connectivity index (χ4n) is 2.57. The van der Waals surface area contributed by atoms with Gasteiger partial charge in [0.2, 0.25) is 0 Å². The van der Waals surface area contributed by atoms with E-state index in [9.17, 15) is 0 Å². The van der Waals surface area contributed by atoms with Gasteiger partial charge in [0.25, 0.3) is 0 Å². The van der Waals surface area contributed by atoms with Crippen molar-refractivity contribution in [2.45, 2.75) is 15.5 Å². The third-order valence-electron chi connectivity index (χ3n) is 3.77. The van der Waals surface area contributed by atoms with E-state index in [0.29, 0.717) is 0 Å². The Balaban J connectivity index is 1.67. The molecule has 0 amide bonds. The van der Waals surface area contributed by atoms with Crippen molar-refractivity contribution in [2.24, 2.45) is 0 Å². The molecule has 0 fully saturated rings. The molecule has 0 aliphatic rings. The van der Waals surface area contributed by atoms with Crippen molar-refractivity contribution in [3.8, 4) is 0 Å². The van der Waals surface area contributed by atoms with Gasteiger partial charge >= 0.3 is 146 Å². The molecule has 0 unspecified atom stereocenters. The van der Waals surface area contributed by atoms with Crippen molar-refractivity contribution in [1.29, 1.82) is 0 Å². The zero-order chi connectivity index (χ0) is 15.7. The summed E-state index contributed by atoms with van der Waals surface area (Å²) in [4.78, 5) is 0. The molecule has 0 atom stereocenters. The van der Waals surface area contributed by atoms with Gasteiger partial charge in [0.05, 0.1) is 0 Å². The first-order valence-corrected chi connectivity index (χ1v) is 13.2. The third kappa shape index (κ3) is 5.52. The summed E-state index contributed by atoms with van der Waals surface area (Å²) in [6.45, 7) is 0.745. The Morgan fingerprint density at radius 2 is 0.913 bits per heavy atom. The van der Waals surface area contributed by atoms with E-state index in [4.69, 9.17) is 3.07 Å². The predicted octanol–water partition coefficient (Wildman–Crippen LogP) is 4.76. The average Bonchev–Trinajstić information content (AvgIpc) is 2.62. The van der Waals surface area contributed by atoms with Crippen LogP contribution in [-0.2, 0) is 18.6 Å². The molecule has 0 aromatic heterocycles. The first-order valence-electron chi connectivity index (χ1n) is 7.99. The second-order valence-electron chi connectivity index (χ2n) is 5.64. The maximum atomic E-state index is 6.43. The van der Waals surface area contributed by atoms with Gasteiger partial charge in [-0.25, -0.2) is 0 Å². The Bertz CT molecular complexity index is 641. The predicted molar refractivity (Wildman–Crippen MR) is 97.3 cm³/mol. The molecule has 115 valence electrons. The van der Waals surface area contributed by atoms with E-state index in [2.05, 4.69) is 91.0 Å². The van der Waals surface area contributed by atoms with E-state index < -0.39 is 20.2 Å². The monoisotopic (exact) mass is 409 g/mol. The van der Waals surface area contributed by atoms with Crippen LogP contribution in [0.1, 0.15) is 16.7 Å². The Labute approximate surface area is 146 Å². The molecule has 0 aliphatic heterocycles. The Kier molecular flexibility index (Phi) is 6.30. The molecule has 0 heterocycles. The minimum atomic E-state index is -2.00. The van der Waals surface area contributed by atoms with E-state index in [1.807, 2.05) is 0 Å². The van der Waals surface area contributed by atoms with Crippen LogP contribution >= 0.6 is 0 Å². The van der Waals surface area contributed by atoms with Gasteiger partial charge in [0, 0.05) is 0 Å². The van der Waals surface area contributed by atoms with E-state index in [0.717, 1.165) is 15.5 Å². The van der Waals surface area contributed by atoms with Gasteiger partial charge in [-0.2, -0.15) is 0 Å². The van der Waals surface area contributed by atoms with Gasteiger partial charge in [0.1, 0.15) is 0 Å². The van der Waals surface area contributed by atoms with Gasteiger partial charge in [-0.3, -0.25) is 0 Å². The second-order valence-corrected chi connectivity index (χ2v) is 11.6. The number of benzene rings is 3. The zero-order valence-electron chi connectivity index (χ0n) is 13.2. The number of hydrogen-bond donors (Lipinski definition) is 0. The molecule has 0 bridgehead atoms. The molecule has 3 rings (SSSR count). The van der Waals surface area contributed by atoms with Crippen LogP contribution in [0.3, 0.4) is 0 Å². The van der Waals surface area contributed by atoms with Crippen LogP contribution in [0.25, 0.3) is 0 Å². The molecular weight excluding hydrogens is 387 g/mol. The van der Waals surface area contributed by atoms with Crippen molar-refractivity contribution in [1.82, 2.24) is 0 Å². The Morgan fingerprint density at radius 1 is 0.522 bits per heavy atom. The van der Waals surface area contributed by atoms with Gasteiger partial charge in [-0.05, 0) is 0 Å². The van der Waals surface area contributed by atoms with Crippen LogP contribution in [0, 0.1) is 0 Å². The molecule has 0 spiro atoms. The summed E-state index contributed by atoms with van der Waals surface area (Å²) < 4.78 is 8.69. The zero-order valence-corrected chi connectivity index (χ0v) is 16.0. The summed E-state index contributed by atoms with van der Waals surface area (Å²) in [6, 6.07) is 32.0. The number of hydrogen-bond acceptors (Lipinski definition) is 1. The SMILES string of the molecule is c1ccc(C[O][Sn]([CH2]c2ccccc2)[CH2]c2ccccc2)cc1. The first kappa shape index (κ1) is 16.3. The van der Waals surface area contributed by atoms with Gasteiger partial charge < -0.3 is 0 Å². The maximum absolute atomic E-state index is 6.43. The van der Waals surface area contributed by atoms with Crippen LogP contribution in [-0.4, -0.2) is 20.2 Å². The summed E-state index contributed by atoms with van der Waals surface area (Å²) >= 11 is -2.00. The van der Waals surface area contributed by atoms with Crippen molar-refractivity contribution >= 4 is 20.2 Å². The van der Waals surface area contributed by atoms with Crippen LogP contribution < -0.4 is 0 Å². The van der Waals surface area contributed by atoms with Crippen LogP contribution in [0.5, 0.6) is 0 Å². The molecule has 0 saturated heterocycles.